The van der Waals surface area contributed by atoms with Gasteiger partial charge in [0.1, 0.15) is 6.61 Å². The van der Waals surface area contributed by atoms with Gasteiger partial charge in [-0.3, -0.25) is 4.79 Å². The van der Waals surface area contributed by atoms with Gasteiger partial charge in [0.25, 0.3) is 6.47 Å². The quantitative estimate of drug-likeness (QED) is 0.816. The molecule has 0 amide bonds. The van der Waals surface area contributed by atoms with Gasteiger partial charge in [0.05, 0.1) is 12.7 Å². The first kappa shape index (κ1) is 15.6. The standard InChI is InChI=1S/C8H8O2.C6H13NO2/c9-7-10-6-8-4-2-1-3-5-8;1-5-8-4-6(9-5)3-7-2/h1-5,7H,6H2;5-7H,3-4H2,1-2H3. The summed E-state index contributed by atoms with van der Waals surface area (Å²) in [6, 6.07) is 9.55. The van der Waals surface area contributed by atoms with Crippen LogP contribution in [0.3, 0.4) is 0 Å². The topological polar surface area (TPSA) is 56.8 Å². The monoisotopic (exact) mass is 267 g/mol. The highest BCUT2D eigenvalue weighted by Crippen LogP contribution is 2.08. The van der Waals surface area contributed by atoms with Gasteiger partial charge in [0.2, 0.25) is 0 Å². The van der Waals surface area contributed by atoms with Crippen molar-refractivity contribution in [3.8, 4) is 0 Å². The fourth-order valence-corrected chi connectivity index (χ4v) is 1.63. The van der Waals surface area contributed by atoms with Gasteiger partial charge in [-0.15, -0.1) is 0 Å². The molecule has 1 aliphatic heterocycles. The SMILES string of the molecule is CNCC1COC(C)O1.O=COCc1ccccc1. The Bertz CT molecular complexity index is 343. The van der Waals surface area contributed by atoms with Crippen LogP contribution in [-0.4, -0.2) is 39.1 Å². The van der Waals surface area contributed by atoms with Crippen LogP contribution < -0.4 is 5.32 Å². The summed E-state index contributed by atoms with van der Waals surface area (Å²) in [5, 5.41) is 3.03. The summed E-state index contributed by atoms with van der Waals surface area (Å²) < 4.78 is 15.0. The fraction of sp³-hybridized carbons (Fsp3) is 0.500. The summed E-state index contributed by atoms with van der Waals surface area (Å²) in [6.45, 7) is 4.33. The van der Waals surface area contributed by atoms with Crippen LogP contribution in [-0.2, 0) is 25.6 Å². The molecule has 5 nitrogen and oxygen atoms in total. The molecule has 0 saturated carbocycles. The lowest BCUT2D eigenvalue weighted by Crippen LogP contribution is -2.25. The van der Waals surface area contributed by atoms with E-state index >= 15 is 0 Å². The maximum absolute atomic E-state index is 9.76. The van der Waals surface area contributed by atoms with Gasteiger partial charge in [0, 0.05) is 6.54 Å². The molecule has 5 heteroatoms. The molecular weight excluding hydrogens is 246 g/mol. The average molecular weight is 267 g/mol. The molecule has 0 radical (unpaired) electrons. The summed E-state index contributed by atoms with van der Waals surface area (Å²) in [7, 11) is 1.91. The number of ether oxygens (including phenoxy) is 3. The van der Waals surface area contributed by atoms with E-state index in [2.05, 4.69) is 10.1 Å². The van der Waals surface area contributed by atoms with Crippen LogP contribution in [0.15, 0.2) is 30.3 Å². The predicted octanol–water partition coefficient (Wildman–Crippen LogP) is 1.33. The Balaban J connectivity index is 0.000000191. The Morgan fingerprint density at radius 2 is 2.16 bits per heavy atom. The van der Waals surface area contributed by atoms with E-state index in [-0.39, 0.29) is 12.4 Å². The van der Waals surface area contributed by atoms with Gasteiger partial charge in [-0.1, -0.05) is 30.3 Å². The second kappa shape index (κ2) is 9.49. The molecule has 1 N–H and O–H groups in total. The third kappa shape index (κ3) is 6.91. The minimum Gasteiger partial charge on any atom is -0.463 e. The zero-order chi connectivity index (χ0) is 13.9. The molecule has 106 valence electrons. The van der Waals surface area contributed by atoms with Crippen molar-refractivity contribution in [2.45, 2.75) is 25.9 Å². The molecule has 2 rings (SSSR count). The minimum atomic E-state index is -0.0108. The van der Waals surface area contributed by atoms with Gasteiger partial charge < -0.3 is 19.5 Å². The minimum absolute atomic E-state index is 0.0108. The zero-order valence-electron chi connectivity index (χ0n) is 11.4. The molecule has 0 bridgehead atoms. The number of carbonyl (C=O) groups is 1. The highest BCUT2D eigenvalue weighted by molar-refractivity contribution is 5.37. The lowest BCUT2D eigenvalue weighted by molar-refractivity contribution is -0.129. The molecular formula is C14H21NO4. The predicted molar refractivity (Wildman–Crippen MR) is 71.5 cm³/mol. The van der Waals surface area contributed by atoms with Crippen molar-refractivity contribution in [3.05, 3.63) is 35.9 Å². The highest BCUT2D eigenvalue weighted by atomic mass is 16.7. The van der Waals surface area contributed by atoms with E-state index in [0.29, 0.717) is 13.1 Å². The van der Waals surface area contributed by atoms with E-state index < -0.39 is 0 Å². The number of nitrogens with one attached hydrogen (secondary N) is 1. The van der Waals surface area contributed by atoms with Crippen molar-refractivity contribution in [3.63, 3.8) is 0 Å². The number of likely N-dealkylation sites (N-methyl/N-ethyl adjacent to an activating group) is 1. The molecule has 1 heterocycles. The molecule has 1 aromatic rings. The van der Waals surface area contributed by atoms with Gasteiger partial charge in [0.15, 0.2) is 6.29 Å². The van der Waals surface area contributed by atoms with Crippen LogP contribution in [0.25, 0.3) is 0 Å². The van der Waals surface area contributed by atoms with E-state index in [1.807, 2.05) is 44.3 Å². The Morgan fingerprint density at radius 1 is 1.42 bits per heavy atom. The van der Waals surface area contributed by atoms with Crippen LogP contribution in [0.1, 0.15) is 12.5 Å². The lowest BCUT2D eigenvalue weighted by atomic mass is 10.2. The average Bonchev–Trinajstić information content (AvgIpc) is 2.84. The summed E-state index contributed by atoms with van der Waals surface area (Å²) in [6.07, 6.45) is 0.244. The van der Waals surface area contributed by atoms with Crippen molar-refractivity contribution in [1.29, 1.82) is 0 Å². The summed E-state index contributed by atoms with van der Waals surface area (Å²) in [5.74, 6) is 0. The van der Waals surface area contributed by atoms with Crippen molar-refractivity contribution >= 4 is 6.47 Å². The van der Waals surface area contributed by atoms with Crippen LogP contribution in [0, 0.1) is 0 Å². The van der Waals surface area contributed by atoms with Crippen molar-refractivity contribution in [2.24, 2.45) is 0 Å². The van der Waals surface area contributed by atoms with Gasteiger partial charge in [-0.05, 0) is 19.5 Å². The first-order valence-electron chi connectivity index (χ1n) is 6.27. The Morgan fingerprint density at radius 3 is 2.68 bits per heavy atom. The normalized spacial score (nSPS) is 21.4. The number of hydrogen-bond acceptors (Lipinski definition) is 5. The van der Waals surface area contributed by atoms with Crippen molar-refractivity contribution < 1.29 is 19.0 Å². The number of rotatable bonds is 5. The molecule has 1 saturated heterocycles. The van der Waals surface area contributed by atoms with E-state index in [0.717, 1.165) is 18.7 Å². The summed E-state index contributed by atoms with van der Waals surface area (Å²) >= 11 is 0. The third-order valence-corrected chi connectivity index (χ3v) is 2.49. The molecule has 19 heavy (non-hydrogen) atoms. The smallest absolute Gasteiger partial charge is 0.293 e. The molecule has 0 aliphatic carbocycles. The molecule has 0 aromatic heterocycles. The van der Waals surface area contributed by atoms with Gasteiger partial charge in [-0.25, -0.2) is 0 Å². The second-order valence-electron chi connectivity index (χ2n) is 4.11. The Hall–Kier alpha value is -1.43. The first-order chi connectivity index (χ1) is 9.26. The molecule has 1 aliphatic rings. The number of hydrogen-bond donors (Lipinski definition) is 1. The lowest BCUT2D eigenvalue weighted by Gasteiger charge is -2.05. The molecule has 1 aromatic carbocycles. The van der Waals surface area contributed by atoms with Crippen molar-refractivity contribution in [1.82, 2.24) is 5.32 Å². The molecule has 2 atom stereocenters. The molecule has 2 unspecified atom stereocenters. The van der Waals surface area contributed by atoms with Crippen LogP contribution in [0.4, 0.5) is 0 Å². The van der Waals surface area contributed by atoms with Gasteiger partial charge in [-0.2, -0.15) is 0 Å². The second-order valence-corrected chi connectivity index (χ2v) is 4.11. The molecule has 0 spiro atoms. The fourth-order valence-electron chi connectivity index (χ4n) is 1.63. The maximum Gasteiger partial charge on any atom is 0.293 e. The largest absolute Gasteiger partial charge is 0.463 e. The van der Waals surface area contributed by atoms with E-state index in [9.17, 15) is 4.79 Å². The van der Waals surface area contributed by atoms with Crippen molar-refractivity contribution in [2.75, 3.05) is 20.2 Å². The van der Waals surface area contributed by atoms with E-state index in [1.54, 1.807) is 0 Å². The van der Waals surface area contributed by atoms with Crippen LogP contribution in [0.2, 0.25) is 0 Å². The van der Waals surface area contributed by atoms with E-state index in [4.69, 9.17) is 9.47 Å². The highest BCUT2D eigenvalue weighted by Gasteiger charge is 2.20. The van der Waals surface area contributed by atoms with Crippen LogP contribution >= 0.6 is 0 Å². The van der Waals surface area contributed by atoms with E-state index in [1.165, 1.54) is 0 Å². The first-order valence-corrected chi connectivity index (χ1v) is 6.27. The molecule has 1 fully saturated rings. The summed E-state index contributed by atoms with van der Waals surface area (Å²) in [5.41, 5.74) is 1.01. The third-order valence-electron chi connectivity index (χ3n) is 2.49. The number of benzene rings is 1. The summed E-state index contributed by atoms with van der Waals surface area (Å²) in [4.78, 5) is 9.76. The van der Waals surface area contributed by atoms with Gasteiger partial charge >= 0.3 is 0 Å². The van der Waals surface area contributed by atoms with Crippen LogP contribution in [0.5, 0.6) is 0 Å². The number of carbonyl (C=O) groups excluding carboxylic acids is 1. The Labute approximate surface area is 113 Å². The zero-order valence-corrected chi connectivity index (χ0v) is 11.4. The Kier molecular flexibility index (Phi) is 7.81. The maximum atomic E-state index is 9.76.